The highest BCUT2D eigenvalue weighted by Crippen LogP contribution is 2.29. The molecule has 1 aromatic carbocycles. The van der Waals surface area contributed by atoms with Crippen molar-refractivity contribution in [2.24, 2.45) is 5.73 Å². The molecule has 1 aromatic rings. The summed E-state index contributed by atoms with van der Waals surface area (Å²) >= 11 is 0. The molecule has 4 heteroatoms. The van der Waals surface area contributed by atoms with E-state index < -0.39 is 5.54 Å². The van der Waals surface area contributed by atoms with E-state index >= 15 is 0 Å². The second-order valence-electron chi connectivity index (χ2n) is 4.41. The molecule has 1 unspecified atom stereocenters. The zero-order valence-corrected chi connectivity index (χ0v) is 10.7. The van der Waals surface area contributed by atoms with Crippen molar-refractivity contribution in [3.05, 3.63) is 23.8 Å². The van der Waals surface area contributed by atoms with Crippen LogP contribution in [0.25, 0.3) is 0 Å². The van der Waals surface area contributed by atoms with Gasteiger partial charge in [-0.3, -0.25) is 0 Å². The van der Waals surface area contributed by atoms with E-state index in [-0.39, 0.29) is 6.61 Å². The van der Waals surface area contributed by atoms with Gasteiger partial charge in [0.25, 0.3) is 0 Å². The number of aliphatic hydroxyl groups excluding tert-OH is 1. The Labute approximate surface area is 102 Å². The van der Waals surface area contributed by atoms with Crippen LogP contribution in [0.3, 0.4) is 0 Å². The van der Waals surface area contributed by atoms with Crippen molar-refractivity contribution in [3.8, 4) is 11.5 Å². The summed E-state index contributed by atoms with van der Waals surface area (Å²) in [5.74, 6) is 1.42. The summed E-state index contributed by atoms with van der Waals surface area (Å²) < 4.78 is 10.7. The lowest BCUT2D eigenvalue weighted by Gasteiger charge is -2.22. The summed E-state index contributed by atoms with van der Waals surface area (Å²) in [6.07, 6.45) is 0.590. The maximum atomic E-state index is 9.14. The van der Waals surface area contributed by atoms with Gasteiger partial charge in [-0.2, -0.15) is 0 Å². The smallest absolute Gasteiger partial charge is 0.161 e. The van der Waals surface area contributed by atoms with Crippen molar-refractivity contribution in [2.45, 2.75) is 25.8 Å². The second kappa shape index (κ2) is 5.89. The summed E-state index contributed by atoms with van der Waals surface area (Å²) in [6.45, 7) is 4.29. The molecule has 0 spiro atoms. The largest absolute Gasteiger partial charge is 0.493 e. The molecule has 1 atom stereocenters. The normalized spacial score (nSPS) is 14.2. The molecule has 0 saturated carbocycles. The van der Waals surface area contributed by atoms with Crippen LogP contribution in [-0.4, -0.2) is 31.0 Å². The van der Waals surface area contributed by atoms with Crippen molar-refractivity contribution in [1.29, 1.82) is 0 Å². The number of hydrogen-bond acceptors (Lipinski definition) is 4. The fraction of sp³-hybridized carbons (Fsp3) is 0.538. The minimum Gasteiger partial charge on any atom is -0.493 e. The zero-order chi connectivity index (χ0) is 12.9. The SMILES string of the molecule is CCOc1ccc(CC(C)(N)CO)cc1OC. The van der Waals surface area contributed by atoms with Crippen LogP contribution in [0, 0.1) is 0 Å². The van der Waals surface area contributed by atoms with Crippen LogP contribution < -0.4 is 15.2 Å². The van der Waals surface area contributed by atoms with Crippen molar-refractivity contribution in [2.75, 3.05) is 20.3 Å². The van der Waals surface area contributed by atoms with Crippen molar-refractivity contribution >= 4 is 0 Å². The Morgan fingerprint density at radius 1 is 1.35 bits per heavy atom. The topological polar surface area (TPSA) is 64.7 Å². The van der Waals surface area contributed by atoms with Crippen LogP contribution in [0.1, 0.15) is 19.4 Å². The first-order valence-corrected chi connectivity index (χ1v) is 5.72. The molecule has 1 rings (SSSR count). The minimum atomic E-state index is -0.613. The van der Waals surface area contributed by atoms with E-state index in [4.69, 9.17) is 20.3 Å². The van der Waals surface area contributed by atoms with E-state index in [0.717, 1.165) is 11.3 Å². The Kier molecular flexibility index (Phi) is 4.78. The highest BCUT2D eigenvalue weighted by molar-refractivity contribution is 5.43. The van der Waals surface area contributed by atoms with Crippen LogP contribution >= 0.6 is 0 Å². The molecule has 0 aliphatic rings. The molecule has 0 bridgehead atoms. The zero-order valence-electron chi connectivity index (χ0n) is 10.7. The molecule has 0 radical (unpaired) electrons. The van der Waals surface area contributed by atoms with E-state index in [9.17, 15) is 0 Å². The van der Waals surface area contributed by atoms with Crippen LogP contribution in [-0.2, 0) is 6.42 Å². The number of methoxy groups -OCH3 is 1. The predicted octanol–water partition coefficient (Wildman–Crippen LogP) is 1.35. The standard InChI is InChI=1S/C13H21NO3/c1-4-17-11-6-5-10(7-12(11)16-3)8-13(2,14)9-15/h5-7,15H,4,8-9,14H2,1-3H3. The fourth-order valence-electron chi connectivity index (χ4n) is 1.62. The number of hydrogen-bond donors (Lipinski definition) is 2. The quantitative estimate of drug-likeness (QED) is 0.786. The summed E-state index contributed by atoms with van der Waals surface area (Å²) in [5, 5.41) is 9.14. The Balaban J connectivity index is 2.89. The molecule has 3 N–H and O–H groups in total. The van der Waals surface area contributed by atoms with Crippen LogP contribution in [0.2, 0.25) is 0 Å². The molecule has 96 valence electrons. The summed E-state index contributed by atoms with van der Waals surface area (Å²) in [7, 11) is 1.61. The van der Waals surface area contributed by atoms with Crippen molar-refractivity contribution in [3.63, 3.8) is 0 Å². The Hall–Kier alpha value is -1.26. The number of ether oxygens (including phenoxy) is 2. The van der Waals surface area contributed by atoms with Crippen LogP contribution in [0.5, 0.6) is 11.5 Å². The summed E-state index contributed by atoms with van der Waals surface area (Å²) in [4.78, 5) is 0. The first-order valence-electron chi connectivity index (χ1n) is 5.72. The maximum absolute atomic E-state index is 9.14. The van der Waals surface area contributed by atoms with E-state index in [1.165, 1.54) is 0 Å². The third-order valence-corrected chi connectivity index (χ3v) is 2.50. The van der Waals surface area contributed by atoms with Gasteiger partial charge < -0.3 is 20.3 Å². The number of nitrogens with two attached hydrogens (primary N) is 1. The highest BCUT2D eigenvalue weighted by Gasteiger charge is 2.18. The van der Waals surface area contributed by atoms with E-state index in [1.807, 2.05) is 32.0 Å². The monoisotopic (exact) mass is 239 g/mol. The second-order valence-corrected chi connectivity index (χ2v) is 4.41. The molecule has 17 heavy (non-hydrogen) atoms. The molecular formula is C13H21NO3. The minimum absolute atomic E-state index is 0.0530. The molecular weight excluding hydrogens is 218 g/mol. The third-order valence-electron chi connectivity index (χ3n) is 2.50. The summed E-state index contributed by atoms with van der Waals surface area (Å²) in [6, 6.07) is 5.70. The van der Waals surface area contributed by atoms with Gasteiger partial charge in [0.05, 0.1) is 20.3 Å². The van der Waals surface area contributed by atoms with Crippen molar-refractivity contribution in [1.82, 2.24) is 0 Å². The van der Waals surface area contributed by atoms with Crippen LogP contribution in [0.4, 0.5) is 0 Å². The van der Waals surface area contributed by atoms with Gasteiger partial charge in [0.1, 0.15) is 0 Å². The lowest BCUT2D eigenvalue weighted by atomic mass is 9.95. The van der Waals surface area contributed by atoms with Gasteiger partial charge >= 0.3 is 0 Å². The van der Waals surface area contributed by atoms with Gasteiger partial charge in [0, 0.05) is 5.54 Å². The van der Waals surface area contributed by atoms with E-state index in [0.29, 0.717) is 18.8 Å². The molecule has 0 aliphatic carbocycles. The molecule has 0 saturated heterocycles. The lowest BCUT2D eigenvalue weighted by molar-refractivity contribution is 0.208. The fourth-order valence-corrected chi connectivity index (χ4v) is 1.62. The molecule has 4 nitrogen and oxygen atoms in total. The number of benzene rings is 1. The maximum Gasteiger partial charge on any atom is 0.161 e. The molecule has 0 heterocycles. The Bertz CT molecular complexity index is 364. The summed E-state index contributed by atoms with van der Waals surface area (Å²) in [5.41, 5.74) is 6.32. The highest BCUT2D eigenvalue weighted by atomic mass is 16.5. The van der Waals surface area contributed by atoms with Gasteiger partial charge in [0.15, 0.2) is 11.5 Å². The van der Waals surface area contributed by atoms with Crippen LogP contribution in [0.15, 0.2) is 18.2 Å². The third kappa shape index (κ3) is 3.91. The average Bonchev–Trinajstić information content (AvgIpc) is 2.31. The van der Waals surface area contributed by atoms with E-state index in [2.05, 4.69) is 0 Å². The van der Waals surface area contributed by atoms with Crippen molar-refractivity contribution < 1.29 is 14.6 Å². The van der Waals surface area contributed by atoms with Gasteiger partial charge in [-0.1, -0.05) is 6.07 Å². The Morgan fingerprint density at radius 3 is 2.59 bits per heavy atom. The number of aliphatic hydroxyl groups is 1. The van der Waals surface area contributed by atoms with Gasteiger partial charge in [0.2, 0.25) is 0 Å². The Morgan fingerprint density at radius 2 is 2.06 bits per heavy atom. The molecule has 0 amide bonds. The van der Waals surface area contributed by atoms with Gasteiger partial charge in [-0.05, 0) is 38.0 Å². The first-order chi connectivity index (χ1) is 8.02. The number of rotatable bonds is 6. The lowest BCUT2D eigenvalue weighted by Crippen LogP contribution is -2.42. The molecule has 0 aliphatic heterocycles. The molecule has 0 aromatic heterocycles. The molecule has 0 fully saturated rings. The predicted molar refractivity (Wildman–Crippen MR) is 67.5 cm³/mol. The van der Waals surface area contributed by atoms with E-state index in [1.54, 1.807) is 7.11 Å². The van der Waals surface area contributed by atoms with Gasteiger partial charge in [-0.15, -0.1) is 0 Å². The van der Waals surface area contributed by atoms with Gasteiger partial charge in [-0.25, -0.2) is 0 Å². The average molecular weight is 239 g/mol. The first kappa shape index (κ1) is 13.8.